The lowest BCUT2D eigenvalue weighted by Gasteiger charge is -2.18. The number of Topliss-reactive ketones (excluding diaryl/α,β-unsaturated/α-hetero) is 1. The van der Waals surface area contributed by atoms with Gasteiger partial charge in [0.05, 0.1) is 11.4 Å². The smallest absolute Gasteiger partial charge is 0.355 e. The van der Waals surface area contributed by atoms with Crippen LogP contribution in [0.15, 0.2) is 29.6 Å². The van der Waals surface area contributed by atoms with E-state index in [4.69, 9.17) is 16.3 Å². The molecule has 2 aromatic heterocycles. The predicted molar refractivity (Wildman–Crippen MR) is 116 cm³/mol. The van der Waals surface area contributed by atoms with Crippen molar-refractivity contribution >= 4 is 51.4 Å². The number of carbonyl (C=O) groups excluding carboxylic acids is 3. The molecular formula is C21H20ClN3O4S. The van der Waals surface area contributed by atoms with Crippen molar-refractivity contribution in [2.45, 2.75) is 34.3 Å². The van der Waals surface area contributed by atoms with E-state index < -0.39 is 5.97 Å². The number of nitrogens with one attached hydrogen (secondary N) is 1. The summed E-state index contributed by atoms with van der Waals surface area (Å²) >= 11 is 7.29. The molecule has 1 N–H and O–H groups in total. The highest BCUT2D eigenvalue weighted by Crippen LogP contribution is 2.30. The Morgan fingerprint density at radius 2 is 1.97 bits per heavy atom. The molecule has 9 heteroatoms. The van der Waals surface area contributed by atoms with Gasteiger partial charge in [-0.3, -0.25) is 14.5 Å². The number of thiazole rings is 1. The maximum absolute atomic E-state index is 12.5. The summed E-state index contributed by atoms with van der Waals surface area (Å²) in [5, 5.41) is 2.67. The second-order valence-corrected chi connectivity index (χ2v) is 7.99. The number of anilines is 2. The van der Waals surface area contributed by atoms with E-state index in [0.29, 0.717) is 38.4 Å². The van der Waals surface area contributed by atoms with E-state index in [2.05, 4.69) is 9.97 Å². The third kappa shape index (κ3) is 4.44. The maximum Gasteiger partial charge on any atom is 0.355 e. The third-order valence-electron chi connectivity index (χ3n) is 4.46. The van der Waals surface area contributed by atoms with Gasteiger partial charge in [-0.1, -0.05) is 17.7 Å². The zero-order chi connectivity index (χ0) is 22.0. The van der Waals surface area contributed by atoms with Crippen LogP contribution in [0.5, 0.6) is 0 Å². The van der Waals surface area contributed by atoms with Crippen molar-refractivity contribution in [3.8, 4) is 0 Å². The standard InChI is InChI=1S/C21H20ClN3O4S/c1-11-18(13(3)26)12(2)23-19(11)20(28)29-9-16-10-30-21(24-16)25(14(4)27)17-7-5-6-15(22)8-17/h5-8,10,23H,9H2,1-4H3. The Hall–Kier alpha value is -2.97. The summed E-state index contributed by atoms with van der Waals surface area (Å²) in [7, 11) is 0. The zero-order valence-electron chi connectivity index (χ0n) is 16.9. The van der Waals surface area contributed by atoms with Crippen LogP contribution in [0.4, 0.5) is 10.8 Å². The van der Waals surface area contributed by atoms with Gasteiger partial charge in [-0.25, -0.2) is 9.78 Å². The van der Waals surface area contributed by atoms with Crippen LogP contribution in [-0.4, -0.2) is 27.6 Å². The molecule has 0 fully saturated rings. The highest BCUT2D eigenvalue weighted by Gasteiger charge is 2.22. The Labute approximate surface area is 182 Å². The lowest BCUT2D eigenvalue weighted by Crippen LogP contribution is -2.22. The molecule has 0 saturated heterocycles. The summed E-state index contributed by atoms with van der Waals surface area (Å²) < 4.78 is 5.36. The molecule has 0 aliphatic rings. The van der Waals surface area contributed by atoms with Gasteiger partial charge in [-0.15, -0.1) is 11.3 Å². The SMILES string of the molecule is CC(=O)c1c(C)[nH]c(C(=O)OCc2csc(N(C(C)=O)c3cccc(Cl)c3)n2)c1C. The van der Waals surface area contributed by atoms with E-state index in [0.717, 1.165) is 0 Å². The van der Waals surface area contributed by atoms with Crippen LogP contribution in [-0.2, 0) is 16.1 Å². The fraction of sp³-hybridized carbons (Fsp3) is 0.238. The van der Waals surface area contributed by atoms with Crippen molar-refractivity contribution < 1.29 is 19.1 Å². The Bertz CT molecular complexity index is 1140. The van der Waals surface area contributed by atoms with Crippen LogP contribution >= 0.6 is 22.9 Å². The monoisotopic (exact) mass is 445 g/mol. The average molecular weight is 446 g/mol. The van der Waals surface area contributed by atoms with Crippen molar-refractivity contribution in [3.05, 3.63) is 62.9 Å². The van der Waals surface area contributed by atoms with E-state index in [1.165, 1.54) is 30.1 Å². The molecule has 0 aliphatic heterocycles. The van der Waals surface area contributed by atoms with Gasteiger partial charge < -0.3 is 9.72 Å². The van der Waals surface area contributed by atoms with E-state index >= 15 is 0 Å². The number of amides is 1. The molecule has 7 nitrogen and oxygen atoms in total. The number of benzene rings is 1. The van der Waals surface area contributed by atoms with Gasteiger partial charge in [-0.2, -0.15) is 0 Å². The van der Waals surface area contributed by atoms with Crippen LogP contribution in [0.3, 0.4) is 0 Å². The summed E-state index contributed by atoms with van der Waals surface area (Å²) in [5.41, 5.74) is 3.04. The van der Waals surface area contributed by atoms with Gasteiger partial charge in [0.1, 0.15) is 12.3 Å². The molecule has 0 unspecified atom stereocenters. The third-order valence-corrected chi connectivity index (χ3v) is 5.57. The van der Waals surface area contributed by atoms with Crippen LogP contribution in [0.25, 0.3) is 0 Å². The molecule has 0 aliphatic carbocycles. The molecule has 2 heterocycles. The Morgan fingerprint density at radius 3 is 2.57 bits per heavy atom. The van der Waals surface area contributed by atoms with Crippen molar-refractivity contribution in [1.29, 1.82) is 0 Å². The molecule has 0 bridgehead atoms. The predicted octanol–water partition coefficient (Wildman–Crippen LogP) is 4.99. The van der Waals surface area contributed by atoms with Crippen molar-refractivity contribution in [2.75, 3.05) is 4.90 Å². The number of rotatable bonds is 6. The summed E-state index contributed by atoms with van der Waals surface area (Å²) in [5.74, 6) is -0.907. The number of ether oxygens (including phenoxy) is 1. The van der Waals surface area contributed by atoms with Crippen LogP contribution in [0, 0.1) is 13.8 Å². The van der Waals surface area contributed by atoms with Gasteiger partial charge in [-0.05, 0) is 44.5 Å². The minimum absolute atomic E-state index is 0.0659. The first-order chi connectivity index (χ1) is 14.2. The molecule has 0 spiro atoms. The number of hydrogen-bond acceptors (Lipinski definition) is 6. The van der Waals surface area contributed by atoms with E-state index in [1.807, 2.05) is 0 Å². The van der Waals surface area contributed by atoms with Crippen molar-refractivity contribution in [3.63, 3.8) is 0 Å². The molecule has 0 saturated carbocycles. The fourth-order valence-electron chi connectivity index (χ4n) is 3.20. The van der Waals surface area contributed by atoms with Crippen LogP contribution < -0.4 is 4.90 Å². The number of aromatic amines is 1. The van der Waals surface area contributed by atoms with E-state index in [-0.39, 0.29) is 24.0 Å². The Morgan fingerprint density at radius 1 is 1.23 bits per heavy atom. The number of esters is 1. The molecule has 3 rings (SSSR count). The normalized spacial score (nSPS) is 10.7. The fourth-order valence-corrected chi connectivity index (χ4v) is 4.26. The zero-order valence-corrected chi connectivity index (χ0v) is 18.5. The number of aryl methyl sites for hydroxylation is 1. The summed E-state index contributed by atoms with van der Waals surface area (Å²) in [6.07, 6.45) is 0. The molecule has 3 aromatic rings. The molecule has 30 heavy (non-hydrogen) atoms. The highest BCUT2D eigenvalue weighted by atomic mass is 35.5. The summed E-state index contributed by atoms with van der Waals surface area (Å²) in [4.78, 5) is 45.2. The Kier molecular flexibility index (Phi) is 6.38. The largest absolute Gasteiger partial charge is 0.454 e. The summed E-state index contributed by atoms with van der Waals surface area (Å²) in [6.45, 7) is 6.26. The van der Waals surface area contributed by atoms with Gasteiger partial charge in [0.2, 0.25) is 5.91 Å². The number of carbonyl (C=O) groups is 3. The maximum atomic E-state index is 12.5. The molecule has 1 amide bonds. The van der Waals surface area contributed by atoms with E-state index in [9.17, 15) is 14.4 Å². The second-order valence-electron chi connectivity index (χ2n) is 6.71. The number of halogens is 1. The van der Waals surface area contributed by atoms with Gasteiger partial charge >= 0.3 is 5.97 Å². The molecule has 1 aromatic carbocycles. The Balaban J connectivity index is 1.75. The lowest BCUT2D eigenvalue weighted by molar-refractivity contribution is -0.115. The highest BCUT2D eigenvalue weighted by molar-refractivity contribution is 7.14. The quantitative estimate of drug-likeness (QED) is 0.426. The van der Waals surface area contributed by atoms with Crippen molar-refractivity contribution in [2.24, 2.45) is 0 Å². The number of hydrogen-bond donors (Lipinski definition) is 1. The molecule has 0 atom stereocenters. The topological polar surface area (TPSA) is 92.4 Å². The number of nitrogens with zero attached hydrogens (tertiary/aromatic N) is 2. The minimum Gasteiger partial charge on any atom is -0.454 e. The first-order valence-electron chi connectivity index (χ1n) is 9.07. The molecular weight excluding hydrogens is 426 g/mol. The molecule has 0 radical (unpaired) electrons. The van der Waals surface area contributed by atoms with Crippen molar-refractivity contribution in [1.82, 2.24) is 9.97 Å². The first kappa shape index (κ1) is 21.7. The number of H-pyrrole nitrogens is 1. The lowest BCUT2D eigenvalue weighted by atomic mass is 10.1. The average Bonchev–Trinajstić information content (AvgIpc) is 3.23. The minimum atomic E-state index is -0.573. The number of ketones is 1. The summed E-state index contributed by atoms with van der Waals surface area (Å²) in [6, 6.07) is 6.90. The van der Waals surface area contributed by atoms with Crippen LogP contribution in [0.1, 0.15) is 51.6 Å². The van der Waals surface area contributed by atoms with E-state index in [1.54, 1.807) is 43.5 Å². The molecule has 156 valence electrons. The van der Waals surface area contributed by atoms with Gasteiger partial charge in [0.25, 0.3) is 0 Å². The van der Waals surface area contributed by atoms with Crippen LogP contribution in [0.2, 0.25) is 5.02 Å². The number of aromatic nitrogens is 2. The first-order valence-corrected chi connectivity index (χ1v) is 10.3. The van der Waals surface area contributed by atoms with Gasteiger partial charge in [0.15, 0.2) is 10.9 Å². The second kappa shape index (κ2) is 8.81. The van der Waals surface area contributed by atoms with Gasteiger partial charge in [0, 0.05) is 28.6 Å².